The van der Waals surface area contributed by atoms with Gasteiger partial charge in [-0.15, -0.1) is 0 Å². The van der Waals surface area contributed by atoms with Gasteiger partial charge in [-0.2, -0.15) is 0 Å². The molecule has 0 aromatic carbocycles. The summed E-state index contributed by atoms with van der Waals surface area (Å²) in [6, 6.07) is 0.332. The Morgan fingerprint density at radius 2 is 2.08 bits per heavy atom. The second-order valence-electron chi connectivity index (χ2n) is 2.95. The summed E-state index contributed by atoms with van der Waals surface area (Å²) in [7, 11) is 0. The summed E-state index contributed by atoms with van der Waals surface area (Å²) in [6.07, 6.45) is 8.04. The van der Waals surface area contributed by atoms with E-state index in [0.717, 1.165) is 12.8 Å². The first-order valence-corrected chi connectivity index (χ1v) is 4.24. The first-order valence-electron chi connectivity index (χ1n) is 4.24. The molecule has 0 aliphatic heterocycles. The third kappa shape index (κ3) is 2.86. The minimum Gasteiger partial charge on any atom is -0.405 e. The van der Waals surface area contributed by atoms with Crippen LogP contribution in [0.25, 0.3) is 0 Å². The van der Waals surface area contributed by atoms with Gasteiger partial charge in [0.05, 0.1) is 6.04 Å². The molecule has 0 radical (unpaired) electrons. The van der Waals surface area contributed by atoms with Crippen molar-refractivity contribution in [1.82, 2.24) is 0 Å². The van der Waals surface area contributed by atoms with Crippen molar-refractivity contribution in [3.8, 4) is 0 Å². The molecule has 12 heavy (non-hydrogen) atoms. The van der Waals surface area contributed by atoms with Crippen LogP contribution in [0.1, 0.15) is 25.7 Å². The third-order valence-electron chi connectivity index (χ3n) is 2.01. The molecule has 0 bridgehead atoms. The van der Waals surface area contributed by atoms with E-state index in [1.165, 1.54) is 6.20 Å². The number of aliphatic imine (C=N–C) groups is 1. The van der Waals surface area contributed by atoms with Gasteiger partial charge in [0.1, 0.15) is 5.78 Å². The highest BCUT2D eigenvalue weighted by Crippen LogP contribution is 2.17. The van der Waals surface area contributed by atoms with E-state index in [9.17, 15) is 4.79 Å². The van der Waals surface area contributed by atoms with E-state index in [0.29, 0.717) is 24.7 Å². The van der Waals surface area contributed by atoms with Crippen LogP contribution >= 0.6 is 0 Å². The van der Waals surface area contributed by atoms with Crippen molar-refractivity contribution in [3.05, 3.63) is 12.3 Å². The second kappa shape index (κ2) is 4.70. The molecule has 0 atom stereocenters. The van der Waals surface area contributed by atoms with E-state index in [2.05, 4.69) is 4.99 Å². The summed E-state index contributed by atoms with van der Waals surface area (Å²) in [4.78, 5) is 15.1. The monoisotopic (exact) mass is 166 g/mol. The van der Waals surface area contributed by atoms with Crippen LogP contribution in [0.2, 0.25) is 0 Å². The van der Waals surface area contributed by atoms with Crippen LogP contribution in [0.3, 0.4) is 0 Å². The minimum absolute atomic E-state index is 0.332. The van der Waals surface area contributed by atoms with Crippen molar-refractivity contribution in [3.63, 3.8) is 0 Å². The Balaban J connectivity index is 2.30. The minimum atomic E-state index is 0.332. The van der Waals surface area contributed by atoms with Crippen molar-refractivity contribution in [2.45, 2.75) is 31.7 Å². The standard InChI is InChI=1S/C9H14N2O/c10-6-1-7-11-8-2-4-9(12)5-3-8/h1,6-8H,2-5,10H2. The number of rotatable bonds is 2. The van der Waals surface area contributed by atoms with Crippen LogP contribution in [0.4, 0.5) is 0 Å². The summed E-state index contributed by atoms with van der Waals surface area (Å²) in [6.45, 7) is 0. The highest BCUT2D eigenvalue weighted by Gasteiger charge is 2.16. The first kappa shape index (κ1) is 8.97. The van der Waals surface area contributed by atoms with Crippen molar-refractivity contribution >= 4 is 12.0 Å². The number of nitrogens with two attached hydrogens (primary N) is 1. The Hall–Kier alpha value is -1.12. The van der Waals surface area contributed by atoms with Gasteiger partial charge in [0.2, 0.25) is 0 Å². The molecular formula is C9H14N2O. The topological polar surface area (TPSA) is 55.4 Å². The number of allylic oxidation sites excluding steroid dienone is 1. The smallest absolute Gasteiger partial charge is 0.133 e. The molecule has 1 saturated carbocycles. The molecule has 1 aliphatic rings. The third-order valence-corrected chi connectivity index (χ3v) is 2.01. The Bertz CT molecular complexity index is 199. The lowest BCUT2D eigenvalue weighted by molar-refractivity contribution is -0.120. The fourth-order valence-electron chi connectivity index (χ4n) is 1.29. The van der Waals surface area contributed by atoms with Crippen LogP contribution in [0.5, 0.6) is 0 Å². The van der Waals surface area contributed by atoms with Crippen molar-refractivity contribution in [1.29, 1.82) is 0 Å². The lowest BCUT2D eigenvalue weighted by Crippen LogP contribution is -2.16. The number of Topliss-reactive ketones (excluding diaryl/α,β-unsaturated/α-hetero) is 1. The maximum Gasteiger partial charge on any atom is 0.133 e. The predicted molar refractivity (Wildman–Crippen MR) is 49.1 cm³/mol. The van der Waals surface area contributed by atoms with E-state index in [4.69, 9.17) is 5.73 Å². The molecule has 3 heteroatoms. The molecule has 3 nitrogen and oxygen atoms in total. The molecule has 2 N–H and O–H groups in total. The zero-order valence-corrected chi connectivity index (χ0v) is 7.07. The van der Waals surface area contributed by atoms with Crippen LogP contribution < -0.4 is 5.73 Å². The van der Waals surface area contributed by atoms with Crippen LogP contribution in [0, 0.1) is 0 Å². The lowest BCUT2D eigenvalue weighted by Gasteiger charge is -2.15. The van der Waals surface area contributed by atoms with Crippen LogP contribution in [-0.2, 0) is 4.79 Å². The Morgan fingerprint density at radius 3 is 2.67 bits per heavy atom. The first-order chi connectivity index (χ1) is 5.83. The van der Waals surface area contributed by atoms with E-state index in [1.807, 2.05) is 0 Å². The number of hydrogen-bond donors (Lipinski definition) is 1. The van der Waals surface area contributed by atoms with Gasteiger partial charge in [-0.3, -0.25) is 9.79 Å². The number of hydrogen-bond acceptors (Lipinski definition) is 3. The van der Waals surface area contributed by atoms with Gasteiger partial charge < -0.3 is 5.73 Å². The highest BCUT2D eigenvalue weighted by atomic mass is 16.1. The molecule has 0 heterocycles. The molecule has 0 unspecified atom stereocenters. The lowest BCUT2D eigenvalue weighted by atomic mass is 9.95. The summed E-state index contributed by atoms with van der Waals surface area (Å²) < 4.78 is 0. The largest absolute Gasteiger partial charge is 0.405 e. The van der Waals surface area contributed by atoms with Gasteiger partial charge >= 0.3 is 0 Å². The Morgan fingerprint density at radius 1 is 1.42 bits per heavy atom. The molecular weight excluding hydrogens is 152 g/mol. The predicted octanol–water partition coefficient (Wildman–Crippen LogP) is 1.04. The number of carbonyl (C=O) groups excluding carboxylic acids is 1. The van der Waals surface area contributed by atoms with E-state index < -0.39 is 0 Å². The molecule has 0 amide bonds. The molecule has 0 spiro atoms. The average molecular weight is 166 g/mol. The fourth-order valence-corrected chi connectivity index (χ4v) is 1.29. The van der Waals surface area contributed by atoms with Gasteiger partial charge in [-0.1, -0.05) is 0 Å². The van der Waals surface area contributed by atoms with Gasteiger partial charge in [-0.25, -0.2) is 0 Å². The molecule has 0 aromatic rings. The van der Waals surface area contributed by atoms with Crippen molar-refractivity contribution in [2.75, 3.05) is 0 Å². The maximum absolute atomic E-state index is 10.9. The van der Waals surface area contributed by atoms with Gasteiger partial charge in [-0.05, 0) is 25.1 Å². The average Bonchev–Trinajstić information content (AvgIpc) is 2.09. The zero-order valence-electron chi connectivity index (χ0n) is 7.07. The van der Waals surface area contributed by atoms with Crippen molar-refractivity contribution in [2.24, 2.45) is 10.7 Å². The van der Waals surface area contributed by atoms with Crippen LogP contribution in [0.15, 0.2) is 17.3 Å². The molecule has 1 aliphatic carbocycles. The Kier molecular flexibility index (Phi) is 3.51. The van der Waals surface area contributed by atoms with Crippen molar-refractivity contribution < 1.29 is 4.79 Å². The zero-order chi connectivity index (χ0) is 8.81. The van der Waals surface area contributed by atoms with Crippen LogP contribution in [-0.4, -0.2) is 18.0 Å². The molecule has 0 aromatic heterocycles. The van der Waals surface area contributed by atoms with Gasteiger partial charge in [0.15, 0.2) is 0 Å². The molecule has 66 valence electrons. The molecule has 0 saturated heterocycles. The molecule has 1 fully saturated rings. The fraction of sp³-hybridized carbons (Fsp3) is 0.556. The van der Waals surface area contributed by atoms with E-state index >= 15 is 0 Å². The highest BCUT2D eigenvalue weighted by molar-refractivity contribution is 5.79. The van der Waals surface area contributed by atoms with E-state index in [-0.39, 0.29) is 0 Å². The summed E-state index contributed by atoms with van der Waals surface area (Å²) in [5, 5.41) is 0. The summed E-state index contributed by atoms with van der Waals surface area (Å²) >= 11 is 0. The Labute approximate surface area is 72.4 Å². The van der Waals surface area contributed by atoms with E-state index in [1.54, 1.807) is 12.3 Å². The second-order valence-corrected chi connectivity index (χ2v) is 2.95. The number of carbonyl (C=O) groups is 1. The maximum atomic E-state index is 10.9. The summed E-state index contributed by atoms with van der Waals surface area (Å²) in [5.41, 5.74) is 5.14. The van der Waals surface area contributed by atoms with Gasteiger partial charge in [0, 0.05) is 19.1 Å². The normalized spacial score (nSPS) is 21.2. The van der Waals surface area contributed by atoms with Gasteiger partial charge in [0.25, 0.3) is 0 Å². The molecule has 1 rings (SSSR count). The summed E-state index contributed by atoms with van der Waals surface area (Å²) in [5.74, 6) is 0.371. The SMILES string of the molecule is NC=CC=NC1CCC(=O)CC1. The quantitative estimate of drug-likeness (QED) is 0.623. The number of nitrogens with zero attached hydrogens (tertiary/aromatic N) is 1. The number of ketones is 1.